The fourth-order valence-corrected chi connectivity index (χ4v) is 3.52. The molecule has 5 nitrogen and oxygen atoms in total. The van der Waals surface area contributed by atoms with Crippen molar-refractivity contribution in [1.29, 1.82) is 0 Å². The largest absolute Gasteiger partial charge is 0.335 e. The first-order valence-corrected chi connectivity index (χ1v) is 9.55. The lowest BCUT2D eigenvalue weighted by Crippen LogP contribution is -2.41. The van der Waals surface area contributed by atoms with Crippen molar-refractivity contribution < 1.29 is 9.72 Å². The van der Waals surface area contributed by atoms with Crippen LogP contribution in [0.15, 0.2) is 59.5 Å². The third-order valence-electron chi connectivity index (χ3n) is 4.31. The Hall–Kier alpha value is -2.34. The van der Waals surface area contributed by atoms with Gasteiger partial charge in [-0.05, 0) is 38.0 Å². The number of nitrogens with zero attached hydrogens (tertiary/aromatic N) is 2. The van der Waals surface area contributed by atoms with Gasteiger partial charge in [-0.15, -0.1) is 11.8 Å². The van der Waals surface area contributed by atoms with E-state index in [9.17, 15) is 14.9 Å². The third kappa shape index (κ3) is 5.33. The summed E-state index contributed by atoms with van der Waals surface area (Å²) in [7, 11) is 0. The highest BCUT2D eigenvalue weighted by Gasteiger charge is 2.25. The number of thioether (sulfide) groups is 1. The first-order valence-electron chi connectivity index (χ1n) is 8.68. The van der Waals surface area contributed by atoms with Gasteiger partial charge in [-0.25, -0.2) is 0 Å². The Labute approximate surface area is 158 Å². The van der Waals surface area contributed by atoms with Gasteiger partial charge in [0.05, 0.1) is 10.2 Å². The molecule has 0 aliphatic carbocycles. The molecule has 0 heterocycles. The molecular weight excluding hydrogens is 348 g/mol. The zero-order chi connectivity index (χ0) is 19.1. The molecule has 1 amide bonds. The molecule has 0 fully saturated rings. The average molecular weight is 372 g/mol. The number of rotatable bonds is 8. The van der Waals surface area contributed by atoms with Crippen molar-refractivity contribution in [3.05, 3.63) is 70.3 Å². The number of nitro benzene ring substituents is 1. The molecular formula is C20H24N2O3S. The van der Waals surface area contributed by atoms with Gasteiger partial charge in [0.2, 0.25) is 5.91 Å². The Morgan fingerprint density at radius 3 is 2.27 bits per heavy atom. The maximum atomic E-state index is 13.0. The molecule has 0 bridgehead atoms. The minimum atomic E-state index is -0.423. The molecule has 0 spiro atoms. The van der Waals surface area contributed by atoms with Crippen molar-refractivity contribution in [3.63, 3.8) is 0 Å². The topological polar surface area (TPSA) is 63.5 Å². The molecule has 0 aromatic heterocycles. The number of nitro groups is 1. The molecule has 0 aliphatic rings. The van der Waals surface area contributed by atoms with Gasteiger partial charge in [0.1, 0.15) is 0 Å². The lowest BCUT2D eigenvalue weighted by Gasteiger charge is -2.31. The maximum absolute atomic E-state index is 13.0. The summed E-state index contributed by atoms with van der Waals surface area (Å²) in [5.74, 6) is 0.0755. The molecule has 0 N–H and O–H groups in total. The van der Waals surface area contributed by atoms with E-state index in [1.54, 1.807) is 12.1 Å². The van der Waals surface area contributed by atoms with Gasteiger partial charge >= 0.3 is 0 Å². The molecule has 0 radical (unpaired) electrons. The van der Waals surface area contributed by atoms with E-state index >= 15 is 0 Å². The van der Waals surface area contributed by atoms with E-state index < -0.39 is 4.92 Å². The van der Waals surface area contributed by atoms with Gasteiger partial charge in [0.25, 0.3) is 5.69 Å². The van der Waals surface area contributed by atoms with Crippen molar-refractivity contribution in [2.24, 2.45) is 0 Å². The second-order valence-corrected chi connectivity index (χ2v) is 7.63. The quantitative estimate of drug-likeness (QED) is 0.375. The summed E-state index contributed by atoms with van der Waals surface area (Å²) in [5.41, 5.74) is 1.16. The van der Waals surface area contributed by atoms with Crippen LogP contribution in [0.3, 0.4) is 0 Å². The highest BCUT2D eigenvalue weighted by Crippen LogP contribution is 2.27. The fraction of sp³-hybridized carbons (Fsp3) is 0.350. The Bertz CT molecular complexity index is 734. The fourth-order valence-electron chi connectivity index (χ4n) is 2.59. The highest BCUT2D eigenvalue weighted by molar-refractivity contribution is 8.00. The van der Waals surface area contributed by atoms with Crippen LogP contribution in [0.25, 0.3) is 0 Å². The summed E-state index contributed by atoms with van der Waals surface area (Å²) in [5, 5.41) is 10.5. The van der Waals surface area contributed by atoms with Gasteiger partial charge in [-0.3, -0.25) is 14.9 Å². The number of non-ortho nitro benzene ring substituents is 1. The first-order chi connectivity index (χ1) is 12.4. The number of benzene rings is 2. The monoisotopic (exact) mass is 372 g/mol. The summed E-state index contributed by atoms with van der Waals surface area (Å²) in [6, 6.07) is 16.4. The minimum Gasteiger partial charge on any atom is -0.335 e. The molecule has 0 saturated carbocycles. The first kappa shape index (κ1) is 20.0. The normalized spacial score (nSPS) is 13.0. The number of amides is 1. The highest BCUT2D eigenvalue weighted by atomic mass is 32.2. The van der Waals surface area contributed by atoms with E-state index in [0.29, 0.717) is 6.54 Å². The SMILES string of the molecule is CCC(C)N(Cc1ccccc1)C(=O)C(C)Sc1ccc([N+](=O)[O-])cc1. The van der Waals surface area contributed by atoms with Gasteiger partial charge < -0.3 is 4.90 Å². The molecule has 2 aromatic carbocycles. The summed E-state index contributed by atoms with van der Waals surface area (Å²) >= 11 is 1.43. The third-order valence-corrected chi connectivity index (χ3v) is 5.41. The molecule has 2 rings (SSSR count). The number of hydrogen-bond donors (Lipinski definition) is 0. The number of carbonyl (C=O) groups is 1. The summed E-state index contributed by atoms with van der Waals surface area (Å²) < 4.78 is 0. The second-order valence-electron chi connectivity index (χ2n) is 6.22. The minimum absolute atomic E-state index is 0.0543. The van der Waals surface area contributed by atoms with E-state index in [2.05, 4.69) is 13.8 Å². The Morgan fingerprint density at radius 1 is 1.12 bits per heavy atom. The molecule has 26 heavy (non-hydrogen) atoms. The summed E-state index contributed by atoms with van der Waals surface area (Å²) in [6.45, 7) is 6.60. The van der Waals surface area contributed by atoms with Crippen LogP contribution in [0.4, 0.5) is 5.69 Å². The Morgan fingerprint density at radius 2 is 1.73 bits per heavy atom. The van der Waals surface area contributed by atoms with Crippen LogP contribution in [0.1, 0.15) is 32.8 Å². The Balaban J connectivity index is 2.09. The smallest absolute Gasteiger partial charge is 0.269 e. The molecule has 0 aliphatic heterocycles. The lowest BCUT2D eigenvalue weighted by molar-refractivity contribution is -0.384. The zero-order valence-corrected chi connectivity index (χ0v) is 16.1. The molecule has 2 aromatic rings. The predicted molar refractivity (Wildman–Crippen MR) is 105 cm³/mol. The lowest BCUT2D eigenvalue weighted by atomic mass is 10.1. The van der Waals surface area contributed by atoms with Gasteiger partial charge in [0, 0.05) is 29.6 Å². The van der Waals surface area contributed by atoms with Gasteiger partial charge in [-0.2, -0.15) is 0 Å². The van der Waals surface area contributed by atoms with E-state index in [4.69, 9.17) is 0 Å². The summed E-state index contributed by atoms with van der Waals surface area (Å²) in [6.07, 6.45) is 0.882. The van der Waals surface area contributed by atoms with E-state index in [-0.39, 0.29) is 22.9 Å². The molecule has 138 valence electrons. The maximum Gasteiger partial charge on any atom is 0.269 e. The average Bonchev–Trinajstić information content (AvgIpc) is 2.66. The Kier molecular flexibility index (Phi) is 7.21. The van der Waals surface area contributed by atoms with E-state index in [0.717, 1.165) is 16.9 Å². The van der Waals surface area contributed by atoms with Crippen LogP contribution in [-0.2, 0) is 11.3 Å². The second kappa shape index (κ2) is 9.38. The van der Waals surface area contributed by atoms with Crippen molar-refractivity contribution in [1.82, 2.24) is 4.90 Å². The zero-order valence-electron chi connectivity index (χ0n) is 15.3. The van der Waals surface area contributed by atoms with E-state index in [1.807, 2.05) is 42.2 Å². The van der Waals surface area contributed by atoms with Crippen LogP contribution in [-0.4, -0.2) is 27.0 Å². The molecule has 0 saturated heterocycles. The van der Waals surface area contributed by atoms with Crippen molar-refractivity contribution in [3.8, 4) is 0 Å². The number of hydrogen-bond acceptors (Lipinski definition) is 4. The standard InChI is InChI=1S/C20H24N2O3S/c1-4-15(2)21(14-17-8-6-5-7-9-17)20(23)16(3)26-19-12-10-18(11-13-19)22(24)25/h5-13,15-16H,4,14H2,1-3H3. The summed E-state index contributed by atoms with van der Waals surface area (Å²) in [4.78, 5) is 26.1. The molecule has 6 heteroatoms. The van der Waals surface area contributed by atoms with Crippen LogP contribution < -0.4 is 0 Å². The predicted octanol–water partition coefficient (Wildman–Crippen LogP) is 4.90. The van der Waals surface area contributed by atoms with Gasteiger partial charge in [-0.1, -0.05) is 37.3 Å². The van der Waals surface area contributed by atoms with Gasteiger partial charge in [0.15, 0.2) is 0 Å². The van der Waals surface area contributed by atoms with Crippen LogP contribution >= 0.6 is 11.8 Å². The van der Waals surface area contributed by atoms with Crippen molar-refractivity contribution in [2.75, 3.05) is 0 Å². The van der Waals surface area contributed by atoms with Crippen LogP contribution in [0.2, 0.25) is 0 Å². The van der Waals surface area contributed by atoms with E-state index in [1.165, 1.54) is 23.9 Å². The molecule has 2 atom stereocenters. The van der Waals surface area contributed by atoms with Crippen molar-refractivity contribution >= 4 is 23.4 Å². The van der Waals surface area contributed by atoms with Crippen LogP contribution in [0.5, 0.6) is 0 Å². The van der Waals surface area contributed by atoms with Crippen molar-refractivity contribution in [2.45, 2.75) is 49.9 Å². The number of carbonyl (C=O) groups excluding carboxylic acids is 1. The molecule has 2 unspecified atom stereocenters. The van der Waals surface area contributed by atoms with Crippen LogP contribution in [0, 0.1) is 10.1 Å².